The molecule has 0 spiro atoms. The molecule has 0 aromatic heterocycles. The summed E-state index contributed by atoms with van der Waals surface area (Å²) < 4.78 is 0. The van der Waals surface area contributed by atoms with Crippen LogP contribution in [0.3, 0.4) is 0 Å². The van der Waals surface area contributed by atoms with E-state index >= 15 is 0 Å². The van der Waals surface area contributed by atoms with Crippen LogP contribution in [-0.2, 0) is 0 Å². The minimum atomic E-state index is -0.0596. The number of hydrogen-bond acceptors (Lipinski definition) is 2. The van der Waals surface area contributed by atoms with Gasteiger partial charge in [-0.1, -0.05) is 18.7 Å². The summed E-state index contributed by atoms with van der Waals surface area (Å²) in [5.74, 6) is 0. The third-order valence-corrected chi connectivity index (χ3v) is 3.71. The zero-order chi connectivity index (χ0) is 13.8. The number of urea groups is 1. The van der Waals surface area contributed by atoms with Crippen molar-refractivity contribution in [1.82, 2.24) is 10.2 Å². The zero-order valence-electron chi connectivity index (χ0n) is 11.6. The molecule has 0 bridgehead atoms. The van der Waals surface area contributed by atoms with E-state index in [4.69, 9.17) is 0 Å². The topological polar surface area (TPSA) is 35.6 Å². The third kappa shape index (κ3) is 2.89. The Morgan fingerprint density at radius 1 is 1.26 bits per heavy atom. The number of piperazine rings is 1. The van der Waals surface area contributed by atoms with Crippen molar-refractivity contribution in [2.75, 3.05) is 31.1 Å². The second kappa shape index (κ2) is 5.78. The summed E-state index contributed by atoms with van der Waals surface area (Å²) in [5.41, 5.74) is 3.92. The smallest absolute Gasteiger partial charge is 0.321 e. The molecule has 0 aliphatic carbocycles. The highest BCUT2D eigenvalue weighted by Crippen LogP contribution is 2.23. The lowest BCUT2D eigenvalue weighted by Crippen LogP contribution is -2.51. The lowest BCUT2D eigenvalue weighted by molar-refractivity contribution is 0.198. The van der Waals surface area contributed by atoms with E-state index in [1.54, 1.807) is 0 Å². The summed E-state index contributed by atoms with van der Waals surface area (Å²) in [4.78, 5) is 15.9. The average molecular weight is 259 g/mol. The number of aryl methyl sites for hydroxylation is 1. The fourth-order valence-corrected chi connectivity index (χ4v) is 2.41. The first kappa shape index (κ1) is 13.5. The highest BCUT2D eigenvalue weighted by Gasteiger charge is 2.21. The highest BCUT2D eigenvalue weighted by molar-refractivity contribution is 5.75. The fourth-order valence-electron chi connectivity index (χ4n) is 2.41. The molecule has 19 heavy (non-hydrogen) atoms. The second-order valence-electron chi connectivity index (χ2n) is 4.85. The molecule has 1 heterocycles. The second-order valence-corrected chi connectivity index (χ2v) is 4.85. The summed E-state index contributed by atoms with van der Waals surface area (Å²) in [7, 11) is 0. The molecule has 1 aromatic rings. The number of hydrogen-bond donors (Lipinski definition) is 1. The number of carbonyl (C=O) groups excluding carboxylic acids is 1. The third-order valence-electron chi connectivity index (χ3n) is 3.71. The summed E-state index contributed by atoms with van der Waals surface area (Å²) >= 11 is 0. The molecule has 1 fully saturated rings. The number of anilines is 1. The van der Waals surface area contributed by atoms with Crippen molar-refractivity contribution in [2.24, 2.45) is 0 Å². The van der Waals surface area contributed by atoms with E-state index in [9.17, 15) is 4.79 Å². The molecule has 1 aliphatic heterocycles. The van der Waals surface area contributed by atoms with Crippen LogP contribution in [0.5, 0.6) is 0 Å². The average Bonchev–Trinajstić information content (AvgIpc) is 2.42. The number of benzene rings is 1. The quantitative estimate of drug-likeness (QED) is 0.884. The maximum Gasteiger partial charge on any atom is 0.321 e. The molecular formula is C15H21N3O. The number of carbonyl (C=O) groups is 1. The molecule has 1 aliphatic rings. The van der Waals surface area contributed by atoms with Crippen molar-refractivity contribution in [3.63, 3.8) is 0 Å². The first-order valence-electron chi connectivity index (χ1n) is 6.61. The van der Waals surface area contributed by atoms with E-state index < -0.39 is 0 Å². The first-order valence-corrected chi connectivity index (χ1v) is 6.61. The predicted molar refractivity (Wildman–Crippen MR) is 78.4 cm³/mol. The molecule has 1 N–H and O–H groups in total. The number of nitrogens with zero attached hydrogens (tertiary/aromatic N) is 2. The maximum atomic E-state index is 11.7. The summed E-state index contributed by atoms with van der Waals surface area (Å²) in [5, 5.41) is 2.62. The molecule has 102 valence electrons. The van der Waals surface area contributed by atoms with Crippen molar-refractivity contribution in [1.29, 1.82) is 0 Å². The molecule has 0 radical (unpaired) electrons. The molecular weight excluding hydrogens is 238 g/mol. The molecule has 0 saturated carbocycles. The molecule has 4 heteroatoms. The van der Waals surface area contributed by atoms with Crippen LogP contribution in [0.25, 0.3) is 0 Å². The Balaban J connectivity index is 2.02. The molecule has 1 aromatic carbocycles. The fraction of sp³-hybridized carbons (Fsp3) is 0.400. The minimum absolute atomic E-state index is 0.0596. The van der Waals surface area contributed by atoms with Crippen LogP contribution in [0.2, 0.25) is 0 Å². The molecule has 2 rings (SSSR count). The largest absolute Gasteiger partial charge is 0.368 e. The molecule has 0 atom stereocenters. The van der Waals surface area contributed by atoms with Gasteiger partial charge < -0.3 is 15.1 Å². The molecule has 1 saturated heterocycles. The Morgan fingerprint density at radius 3 is 2.58 bits per heavy atom. The normalized spacial score (nSPS) is 15.3. The zero-order valence-corrected chi connectivity index (χ0v) is 11.6. The lowest BCUT2D eigenvalue weighted by atomic mass is 10.1. The van der Waals surface area contributed by atoms with Crippen LogP contribution < -0.4 is 10.2 Å². The monoisotopic (exact) mass is 259 g/mol. The van der Waals surface area contributed by atoms with E-state index in [0.29, 0.717) is 0 Å². The maximum absolute atomic E-state index is 11.7. The van der Waals surface area contributed by atoms with Crippen molar-refractivity contribution in [3.05, 3.63) is 42.1 Å². The Kier molecular flexibility index (Phi) is 4.10. The van der Waals surface area contributed by atoms with Crippen LogP contribution in [0.15, 0.2) is 31.0 Å². The number of amides is 2. The minimum Gasteiger partial charge on any atom is -0.368 e. The van der Waals surface area contributed by atoms with Crippen LogP contribution in [-0.4, -0.2) is 37.1 Å². The van der Waals surface area contributed by atoms with Gasteiger partial charge >= 0.3 is 6.03 Å². The summed E-state index contributed by atoms with van der Waals surface area (Å²) in [6.45, 7) is 11.0. The van der Waals surface area contributed by atoms with E-state index in [-0.39, 0.29) is 6.03 Å². The van der Waals surface area contributed by atoms with Gasteiger partial charge in [0.05, 0.1) is 0 Å². The Hall–Kier alpha value is -1.97. The SMILES string of the molecule is C=CNC(=O)N1CCN(c2cccc(C)c2C)CC1. The van der Waals surface area contributed by atoms with Gasteiger partial charge in [0.2, 0.25) is 0 Å². The van der Waals surface area contributed by atoms with Crippen molar-refractivity contribution in [3.8, 4) is 0 Å². The molecule has 0 unspecified atom stereocenters. The predicted octanol–water partition coefficient (Wildman–Crippen LogP) is 2.28. The van der Waals surface area contributed by atoms with E-state index in [0.717, 1.165) is 26.2 Å². The Labute approximate surface area is 114 Å². The first-order chi connectivity index (χ1) is 9.13. The van der Waals surface area contributed by atoms with E-state index in [2.05, 4.69) is 48.8 Å². The molecule has 2 amide bonds. The van der Waals surface area contributed by atoms with E-state index in [1.165, 1.54) is 23.0 Å². The van der Waals surface area contributed by atoms with Gasteiger partial charge in [-0.25, -0.2) is 4.79 Å². The van der Waals surface area contributed by atoms with Gasteiger partial charge in [0.1, 0.15) is 0 Å². The number of nitrogens with one attached hydrogen (secondary N) is 1. The number of rotatable bonds is 2. The standard InChI is InChI=1S/C15H21N3O/c1-4-16-15(19)18-10-8-17(9-11-18)14-7-5-6-12(2)13(14)3/h4-7H,1,8-11H2,2-3H3,(H,16,19). The van der Waals surface area contributed by atoms with Gasteiger partial charge in [0, 0.05) is 31.9 Å². The van der Waals surface area contributed by atoms with Gasteiger partial charge in [-0.3, -0.25) is 0 Å². The van der Waals surface area contributed by atoms with Crippen LogP contribution in [0, 0.1) is 13.8 Å². The van der Waals surface area contributed by atoms with Crippen LogP contribution in [0.4, 0.5) is 10.5 Å². The summed E-state index contributed by atoms with van der Waals surface area (Å²) in [6, 6.07) is 6.32. The molecule has 4 nitrogen and oxygen atoms in total. The van der Waals surface area contributed by atoms with Gasteiger partial charge in [0.15, 0.2) is 0 Å². The lowest BCUT2D eigenvalue weighted by Gasteiger charge is -2.36. The van der Waals surface area contributed by atoms with Crippen molar-refractivity contribution < 1.29 is 4.79 Å². The Bertz CT molecular complexity index is 476. The highest BCUT2D eigenvalue weighted by atomic mass is 16.2. The van der Waals surface area contributed by atoms with Crippen molar-refractivity contribution >= 4 is 11.7 Å². The van der Waals surface area contributed by atoms with Gasteiger partial charge in [-0.15, -0.1) is 0 Å². The van der Waals surface area contributed by atoms with Crippen molar-refractivity contribution in [2.45, 2.75) is 13.8 Å². The van der Waals surface area contributed by atoms with E-state index in [1.807, 2.05) is 4.90 Å². The van der Waals surface area contributed by atoms with Crippen LogP contribution in [0.1, 0.15) is 11.1 Å². The van der Waals surface area contributed by atoms with Gasteiger partial charge in [-0.05, 0) is 37.2 Å². The van der Waals surface area contributed by atoms with Gasteiger partial charge in [-0.2, -0.15) is 0 Å². The van der Waals surface area contributed by atoms with Gasteiger partial charge in [0.25, 0.3) is 0 Å². The summed E-state index contributed by atoms with van der Waals surface area (Å²) in [6.07, 6.45) is 1.43. The van der Waals surface area contributed by atoms with Crippen LogP contribution >= 0.6 is 0 Å². The Morgan fingerprint density at radius 2 is 1.95 bits per heavy atom.